The summed E-state index contributed by atoms with van der Waals surface area (Å²) < 4.78 is 4.47. The van der Waals surface area contributed by atoms with Gasteiger partial charge in [0, 0.05) is 0 Å². The molecule has 0 spiro atoms. The molecule has 0 aliphatic heterocycles. The zero-order valence-corrected chi connectivity index (χ0v) is 12.7. The Morgan fingerprint density at radius 1 is 0.368 bits per heavy atom. The summed E-state index contributed by atoms with van der Waals surface area (Å²) in [6, 6.07) is 32.8. The Balaban J connectivity index is 2.12. The third-order valence-corrected chi connectivity index (χ3v) is 8.89. The Morgan fingerprint density at radius 3 is 0.895 bits per heavy atom. The van der Waals surface area contributed by atoms with Crippen LogP contribution in [0.5, 0.6) is 0 Å². The molecule has 3 aromatic carbocycles. The van der Waals surface area contributed by atoms with Crippen molar-refractivity contribution in [3.05, 3.63) is 91.0 Å². The molecule has 0 bridgehead atoms. The summed E-state index contributed by atoms with van der Waals surface area (Å²) in [7, 11) is 0. The predicted molar refractivity (Wildman–Crippen MR) is 78.2 cm³/mol. The summed E-state index contributed by atoms with van der Waals surface area (Å²) in [5.74, 6) is 0. The van der Waals surface area contributed by atoms with Gasteiger partial charge >= 0.3 is 120 Å². The Morgan fingerprint density at radius 2 is 0.632 bits per heavy atom. The second-order valence-corrected chi connectivity index (χ2v) is 9.66. The van der Waals surface area contributed by atoms with Gasteiger partial charge in [-0.15, -0.1) is 0 Å². The molecule has 0 unspecified atom stereocenters. The monoisotopic (exact) mass is 426 g/mol. The van der Waals surface area contributed by atoms with Crippen LogP contribution in [0.15, 0.2) is 91.0 Å². The summed E-state index contributed by atoms with van der Waals surface area (Å²) in [6.45, 7) is 0. The van der Waals surface area contributed by atoms with Gasteiger partial charge in [0.05, 0.1) is 0 Å². The maximum absolute atomic E-state index is 2.27. The van der Waals surface area contributed by atoms with Crippen molar-refractivity contribution >= 4 is 11.9 Å². The maximum atomic E-state index is 2.27. The molecular weight excluding hydrogens is 411 g/mol. The van der Waals surface area contributed by atoms with Crippen molar-refractivity contribution in [2.24, 2.45) is 0 Å². The number of hydrogen-bond donors (Lipinski definition) is 0. The average Bonchev–Trinajstić information content (AvgIpc) is 2.51. The van der Waals surface area contributed by atoms with Crippen molar-refractivity contribution in [2.45, 2.75) is 0 Å². The predicted octanol–water partition coefficient (Wildman–Crippen LogP) is 2.58. The third-order valence-electron chi connectivity index (χ3n) is 2.69. The van der Waals surface area contributed by atoms with Gasteiger partial charge in [-0.3, -0.25) is 0 Å². The summed E-state index contributed by atoms with van der Waals surface area (Å²) in [6.07, 6.45) is 0. The van der Waals surface area contributed by atoms with Crippen LogP contribution in [0.4, 0.5) is 0 Å². The summed E-state index contributed by atoms with van der Waals surface area (Å²) >= 11 is -1.52. The van der Waals surface area contributed by atoms with Gasteiger partial charge < -0.3 is 0 Å². The van der Waals surface area contributed by atoms with Gasteiger partial charge in [-0.2, -0.15) is 0 Å². The van der Waals surface area contributed by atoms with E-state index in [2.05, 4.69) is 91.0 Å². The topological polar surface area (TPSA) is 0 Å². The van der Waals surface area contributed by atoms with Gasteiger partial charge in [-0.25, -0.2) is 0 Å². The molecule has 0 radical (unpaired) electrons. The van der Waals surface area contributed by atoms with Crippen LogP contribution in [0, 0.1) is 0 Å². The molecule has 0 heterocycles. The second kappa shape index (κ2) is 5.99. The molecule has 3 aromatic rings. The van der Waals surface area contributed by atoms with Crippen LogP contribution < -0.4 is 11.9 Å². The molecule has 3 rings (SSSR count). The molecule has 0 saturated heterocycles. The van der Waals surface area contributed by atoms with Crippen molar-refractivity contribution in [3.8, 4) is 0 Å². The van der Waals surface area contributed by atoms with E-state index in [0.29, 0.717) is 0 Å². The van der Waals surface area contributed by atoms with Crippen molar-refractivity contribution in [2.75, 3.05) is 0 Å². The van der Waals surface area contributed by atoms with Crippen LogP contribution in [0.3, 0.4) is 0 Å². The molecule has 0 aliphatic rings. The van der Waals surface area contributed by atoms with E-state index in [1.54, 1.807) is 0 Å². The second-order valence-electron chi connectivity index (χ2n) is 4.02. The zero-order chi connectivity index (χ0) is 12.9. The van der Waals surface area contributed by atoms with E-state index in [1.165, 1.54) is 11.9 Å². The van der Waals surface area contributed by atoms with E-state index < -0.39 is 17.3 Å². The van der Waals surface area contributed by atoms with Crippen LogP contribution in [0.1, 0.15) is 0 Å². The quantitative estimate of drug-likeness (QED) is 0.604. The van der Waals surface area contributed by atoms with Crippen molar-refractivity contribution in [1.82, 2.24) is 0 Å². The molecule has 0 aromatic heterocycles. The van der Waals surface area contributed by atoms with Crippen LogP contribution in [-0.4, -0.2) is 0 Å². The van der Waals surface area contributed by atoms with Crippen molar-refractivity contribution < 1.29 is 17.3 Å². The molecule has 0 atom stereocenters. The van der Waals surface area contributed by atoms with E-state index in [9.17, 15) is 0 Å². The fourth-order valence-corrected chi connectivity index (χ4v) is 7.70. The van der Waals surface area contributed by atoms with Gasteiger partial charge in [-0.1, -0.05) is 0 Å². The Kier molecular flexibility index (Phi) is 3.91. The van der Waals surface area contributed by atoms with Crippen LogP contribution in [-0.2, 0) is 17.3 Å². The minimum absolute atomic E-state index is 1.49. The van der Waals surface area contributed by atoms with E-state index in [4.69, 9.17) is 0 Å². The van der Waals surface area contributed by atoms with E-state index in [1.807, 2.05) is 0 Å². The van der Waals surface area contributed by atoms with Gasteiger partial charge in [0.2, 0.25) is 0 Å². The number of rotatable bonds is 3. The molecule has 0 amide bonds. The first-order chi connectivity index (χ1) is 9.45. The molecule has 0 saturated carbocycles. The molecule has 0 aliphatic carbocycles. The minimum atomic E-state index is -1.52. The van der Waals surface area contributed by atoms with Crippen LogP contribution in [0.2, 0.25) is 0 Å². The fourth-order valence-electron chi connectivity index (χ4n) is 1.84. The number of hydrogen-bond acceptors (Lipinski definition) is 0. The summed E-state index contributed by atoms with van der Waals surface area (Å²) in [4.78, 5) is 0. The van der Waals surface area contributed by atoms with E-state index in [-0.39, 0.29) is 0 Å². The third kappa shape index (κ3) is 2.85. The normalized spacial score (nSPS) is 11.1. The Hall–Kier alpha value is -1.65. The molecule has 0 fully saturated rings. The molecule has 0 N–H and O–H groups in total. The molecular formula is C18H15Pt. The SMILES string of the molecule is c1cc[c]([Pt]([c]2ccccc2)[c]2ccccc2)cc1. The van der Waals surface area contributed by atoms with Gasteiger partial charge in [0.25, 0.3) is 0 Å². The average molecular weight is 426 g/mol. The van der Waals surface area contributed by atoms with Crippen LogP contribution in [0.25, 0.3) is 0 Å². The first kappa shape index (κ1) is 12.4. The molecule has 19 heavy (non-hydrogen) atoms. The first-order valence-electron chi connectivity index (χ1n) is 6.21. The molecule has 97 valence electrons. The number of benzene rings is 3. The van der Waals surface area contributed by atoms with E-state index in [0.717, 1.165) is 0 Å². The summed E-state index contributed by atoms with van der Waals surface area (Å²) in [5.41, 5.74) is 0. The standard InChI is InChI=1S/3C6H5.Pt/c3*1-2-4-6-5-3-1;/h3*1-5H;. The van der Waals surface area contributed by atoms with Gasteiger partial charge in [0.15, 0.2) is 0 Å². The van der Waals surface area contributed by atoms with Crippen molar-refractivity contribution in [1.29, 1.82) is 0 Å². The first-order valence-corrected chi connectivity index (χ1v) is 9.61. The Labute approximate surface area is 120 Å². The molecule has 1 heteroatoms. The zero-order valence-electron chi connectivity index (χ0n) is 10.5. The van der Waals surface area contributed by atoms with Crippen LogP contribution >= 0.6 is 0 Å². The van der Waals surface area contributed by atoms with Gasteiger partial charge in [0.1, 0.15) is 0 Å². The van der Waals surface area contributed by atoms with E-state index >= 15 is 0 Å². The van der Waals surface area contributed by atoms with Gasteiger partial charge in [-0.05, 0) is 0 Å². The summed E-state index contributed by atoms with van der Waals surface area (Å²) in [5, 5.41) is 0. The fraction of sp³-hybridized carbons (Fsp3) is 0. The van der Waals surface area contributed by atoms with Crippen molar-refractivity contribution in [3.63, 3.8) is 0 Å². The Bertz CT molecular complexity index is 524. The molecule has 0 nitrogen and oxygen atoms in total.